The van der Waals surface area contributed by atoms with E-state index in [2.05, 4.69) is 128 Å². The van der Waals surface area contributed by atoms with Crippen molar-refractivity contribution in [2.24, 2.45) is 0 Å². The molecule has 0 unspecified atom stereocenters. The second kappa shape index (κ2) is 8.87. The van der Waals surface area contributed by atoms with Crippen molar-refractivity contribution in [3.8, 4) is 28.1 Å². The Hall–Kier alpha value is -4.25. The number of hydrogen-bond acceptors (Lipinski definition) is 3. The summed E-state index contributed by atoms with van der Waals surface area (Å²) in [6, 6.07) is 42.0. The molecule has 2 aliphatic rings. The molecule has 4 heteroatoms. The molecular formula is C38H26N2S2. The maximum absolute atomic E-state index is 4.94. The van der Waals surface area contributed by atoms with E-state index in [1.165, 1.54) is 63.6 Å². The third-order valence-corrected chi connectivity index (χ3v) is 11.4. The van der Waals surface area contributed by atoms with Crippen LogP contribution in [0.4, 0.5) is 0 Å². The largest absolute Gasteiger partial charge is 0.307 e. The Kier molecular flexibility index (Phi) is 5.15. The van der Waals surface area contributed by atoms with Crippen molar-refractivity contribution in [3.05, 3.63) is 133 Å². The summed E-state index contributed by atoms with van der Waals surface area (Å²) in [7, 11) is 0. The molecule has 7 aromatic rings. The van der Waals surface area contributed by atoms with Crippen molar-refractivity contribution >= 4 is 45.3 Å². The number of fused-ring (bicyclic) bond motifs is 9. The highest BCUT2D eigenvalue weighted by Crippen LogP contribution is 2.57. The van der Waals surface area contributed by atoms with Gasteiger partial charge in [-0.25, -0.2) is 0 Å². The first-order valence-corrected chi connectivity index (χ1v) is 15.9. The normalized spacial score (nSPS) is 14.4. The number of benzene rings is 5. The first-order chi connectivity index (χ1) is 20.6. The quantitative estimate of drug-likeness (QED) is 0.204. The van der Waals surface area contributed by atoms with Crippen molar-refractivity contribution in [3.63, 3.8) is 0 Å². The van der Waals surface area contributed by atoms with Crippen LogP contribution in [0.3, 0.4) is 0 Å². The summed E-state index contributed by atoms with van der Waals surface area (Å²) >= 11 is 3.80. The van der Waals surface area contributed by atoms with E-state index < -0.39 is 0 Å². The van der Waals surface area contributed by atoms with Gasteiger partial charge in [0.05, 0.1) is 28.6 Å². The molecule has 2 nitrogen and oxygen atoms in total. The molecule has 0 amide bonds. The molecule has 1 aliphatic carbocycles. The van der Waals surface area contributed by atoms with Crippen LogP contribution in [-0.4, -0.2) is 9.55 Å². The minimum absolute atomic E-state index is 0.104. The van der Waals surface area contributed by atoms with E-state index in [1.807, 2.05) is 35.8 Å². The van der Waals surface area contributed by atoms with Gasteiger partial charge in [0.25, 0.3) is 0 Å². The Bertz CT molecular complexity index is 2210. The topological polar surface area (TPSA) is 17.8 Å². The maximum Gasteiger partial charge on any atom is 0.0703 e. The fraction of sp³-hybridized carbons (Fsp3) is 0.0789. The number of pyridine rings is 1. The molecule has 42 heavy (non-hydrogen) atoms. The highest BCUT2D eigenvalue weighted by molar-refractivity contribution is 8.05. The molecule has 0 saturated heterocycles. The van der Waals surface area contributed by atoms with Crippen LogP contribution in [0, 0.1) is 0 Å². The summed E-state index contributed by atoms with van der Waals surface area (Å²) in [5, 5.41) is 2.55. The summed E-state index contributed by atoms with van der Waals surface area (Å²) in [6.45, 7) is 4.77. The Morgan fingerprint density at radius 2 is 1.33 bits per heavy atom. The van der Waals surface area contributed by atoms with Gasteiger partial charge in [0.15, 0.2) is 0 Å². The number of hydrogen-bond donors (Lipinski definition) is 0. The third-order valence-electron chi connectivity index (χ3n) is 8.90. The molecule has 5 aromatic carbocycles. The monoisotopic (exact) mass is 574 g/mol. The fourth-order valence-electron chi connectivity index (χ4n) is 6.86. The van der Waals surface area contributed by atoms with Gasteiger partial charge in [-0.1, -0.05) is 110 Å². The highest BCUT2D eigenvalue weighted by atomic mass is 32.2. The average Bonchev–Trinajstić information content (AvgIpc) is 3.48. The van der Waals surface area contributed by atoms with Crippen LogP contribution >= 0.6 is 23.5 Å². The van der Waals surface area contributed by atoms with Crippen LogP contribution in [-0.2, 0) is 5.41 Å². The van der Waals surface area contributed by atoms with Crippen molar-refractivity contribution in [2.75, 3.05) is 0 Å². The van der Waals surface area contributed by atoms with E-state index in [0.29, 0.717) is 0 Å². The van der Waals surface area contributed by atoms with Gasteiger partial charge in [0.2, 0.25) is 0 Å². The summed E-state index contributed by atoms with van der Waals surface area (Å²) in [5.41, 5.74) is 11.1. The Labute approximate surface area is 253 Å². The summed E-state index contributed by atoms with van der Waals surface area (Å²) in [6.07, 6.45) is 2.03. The van der Waals surface area contributed by atoms with E-state index in [1.54, 1.807) is 0 Å². The molecule has 0 bridgehead atoms. The minimum atomic E-state index is -0.104. The van der Waals surface area contributed by atoms with Gasteiger partial charge in [-0.3, -0.25) is 4.98 Å². The van der Waals surface area contributed by atoms with Gasteiger partial charge in [0, 0.05) is 46.9 Å². The van der Waals surface area contributed by atoms with Gasteiger partial charge in [-0.2, -0.15) is 0 Å². The fourth-order valence-corrected chi connectivity index (χ4v) is 9.14. The molecule has 0 N–H and O–H groups in total. The molecule has 0 saturated carbocycles. The SMILES string of the molecule is CC1(C)c2cc3c(cc2-c2c1ccc1c4ccccc4n(-c4ccc(-c5ccccc5)nc4)c21)Sc1ccccc1S3. The van der Waals surface area contributed by atoms with Crippen molar-refractivity contribution < 1.29 is 0 Å². The zero-order valence-electron chi connectivity index (χ0n) is 23.3. The molecule has 3 heterocycles. The Morgan fingerprint density at radius 1 is 0.619 bits per heavy atom. The van der Waals surface area contributed by atoms with Crippen molar-refractivity contribution in [1.29, 1.82) is 0 Å². The Morgan fingerprint density at radius 3 is 2.10 bits per heavy atom. The average molecular weight is 575 g/mol. The molecule has 0 spiro atoms. The van der Waals surface area contributed by atoms with Gasteiger partial charge >= 0.3 is 0 Å². The van der Waals surface area contributed by atoms with E-state index in [0.717, 1.165) is 16.9 Å². The second-order valence-corrected chi connectivity index (χ2v) is 13.8. The number of aromatic nitrogens is 2. The number of rotatable bonds is 2. The lowest BCUT2D eigenvalue weighted by Gasteiger charge is -2.24. The zero-order valence-corrected chi connectivity index (χ0v) is 24.9. The zero-order chi connectivity index (χ0) is 28.0. The van der Waals surface area contributed by atoms with Crippen LogP contribution in [0.15, 0.2) is 141 Å². The van der Waals surface area contributed by atoms with E-state index in [4.69, 9.17) is 4.98 Å². The minimum Gasteiger partial charge on any atom is -0.307 e. The lowest BCUT2D eigenvalue weighted by molar-refractivity contribution is 0.658. The lowest BCUT2D eigenvalue weighted by Crippen LogP contribution is -2.15. The van der Waals surface area contributed by atoms with E-state index in [9.17, 15) is 0 Å². The molecule has 0 radical (unpaired) electrons. The van der Waals surface area contributed by atoms with Crippen molar-refractivity contribution in [1.82, 2.24) is 9.55 Å². The van der Waals surface area contributed by atoms with Crippen LogP contribution < -0.4 is 0 Å². The maximum atomic E-state index is 4.94. The molecule has 9 rings (SSSR count). The smallest absolute Gasteiger partial charge is 0.0703 e. The molecule has 2 aromatic heterocycles. The van der Waals surface area contributed by atoms with Crippen LogP contribution in [0.5, 0.6) is 0 Å². The highest BCUT2D eigenvalue weighted by Gasteiger charge is 2.39. The summed E-state index contributed by atoms with van der Waals surface area (Å²) in [4.78, 5) is 10.3. The lowest BCUT2D eigenvalue weighted by atomic mass is 9.82. The van der Waals surface area contributed by atoms with Gasteiger partial charge in [-0.05, 0) is 59.2 Å². The molecule has 200 valence electrons. The Balaban J connectivity index is 1.31. The summed E-state index contributed by atoms with van der Waals surface area (Å²) in [5.74, 6) is 0. The molecule has 1 aliphatic heterocycles. The third kappa shape index (κ3) is 3.40. The van der Waals surface area contributed by atoms with Crippen LogP contribution in [0.25, 0.3) is 49.9 Å². The van der Waals surface area contributed by atoms with Crippen LogP contribution in [0.2, 0.25) is 0 Å². The molecular weight excluding hydrogens is 549 g/mol. The number of nitrogens with zero attached hydrogens (tertiary/aromatic N) is 2. The summed E-state index contributed by atoms with van der Waals surface area (Å²) < 4.78 is 2.44. The van der Waals surface area contributed by atoms with Gasteiger partial charge < -0.3 is 4.57 Å². The predicted molar refractivity (Wildman–Crippen MR) is 176 cm³/mol. The number of para-hydroxylation sites is 1. The standard InChI is InChI=1S/C38H26N2S2/c1-38(2)28-18-17-26-25-12-6-7-13-31(25)40(24-16-19-30(39-22-24)23-10-4-3-5-11-23)37(26)36(28)27-20-34-35(21-29(27)38)42-33-15-9-8-14-32(33)41-34/h3-22H,1-2H3. The first-order valence-electron chi connectivity index (χ1n) is 14.3. The predicted octanol–water partition coefficient (Wildman–Crippen LogP) is 10.8. The molecule has 0 atom stereocenters. The van der Waals surface area contributed by atoms with Crippen LogP contribution in [0.1, 0.15) is 25.0 Å². The first kappa shape index (κ1) is 24.4. The van der Waals surface area contributed by atoms with E-state index >= 15 is 0 Å². The second-order valence-electron chi connectivity index (χ2n) is 11.6. The van der Waals surface area contributed by atoms with E-state index in [-0.39, 0.29) is 5.41 Å². The van der Waals surface area contributed by atoms with Crippen molar-refractivity contribution in [2.45, 2.75) is 38.8 Å². The van der Waals surface area contributed by atoms with Gasteiger partial charge in [0.1, 0.15) is 0 Å². The molecule has 0 fully saturated rings. The van der Waals surface area contributed by atoms with Gasteiger partial charge in [-0.15, -0.1) is 0 Å².